The first kappa shape index (κ1) is 10.5. The highest BCUT2D eigenvalue weighted by Gasteiger charge is 2.25. The fourth-order valence-corrected chi connectivity index (χ4v) is 1.38. The molecule has 0 spiro atoms. The maximum atomic E-state index is 8.95. The molecular formula is C9H17N3O. The van der Waals surface area contributed by atoms with Crippen molar-refractivity contribution in [3.05, 3.63) is 0 Å². The van der Waals surface area contributed by atoms with E-state index in [1.54, 1.807) is 0 Å². The molecule has 74 valence electrons. The summed E-state index contributed by atoms with van der Waals surface area (Å²) in [5.41, 5.74) is -0.433. The molecule has 0 bridgehead atoms. The van der Waals surface area contributed by atoms with Crippen molar-refractivity contribution < 1.29 is 4.74 Å². The predicted molar refractivity (Wildman–Crippen MR) is 50.3 cm³/mol. The number of hydrogen-bond acceptors (Lipinski definition) is 4. The van der Waals surface area contributed by atoms with E-state index in [4.69, 9.17) is 10.00 Å². The standard InChI is InChI=1S/C9H17N3O/c1-9(7-10,11-2)8-12-3-5-13-6-4-12/h11H,3-6,8H2,1-2H3. The van der Waals surface area contributed by atoms with Gasteiger partial charge >= 0.3 is 0 Å². The number of nitrogens with zero attached hydrogens (tertiary/aromatic N) is 2. The zero-order chi connectivity index (χ0) is 9.73. The monoisotopic (exact) mass is 183 g/mol. The summed E-state index contributed by atoms with van der Waals surface area (Å²) in [5.74, 6) is 0. The van der Waals surface area contributed by atoms with E-state index in [1.165, 1.54) is 0 Å². The van der Waals surface area contributed by atoms with Crippen LogP contribution in [0.15, 0.2) is 0 Å². The lowest BCUT2D eigenvalue weighted by molar-refractivity contribution is 0.0306. The van der Waals surface area contributed by atoms with E-state index in [0.29, 0.717) is 0 Å². The third kappa shape index (κ3) is 2.96. The molecule has 0 radical (unpaired) electrons. The Morgan fingerprint density at radius 2 is 2.15 bits per heavy atom. The van der Waals surface area contributed by atoms with Crippen LogP contribution in [0.1, 0.15) is 6.92 Å². The van der Waals surface area contributed by atoms with Gasteiger partial charge in [-0.2, -0.15) is 5.26 Å². The lowest BCUT2D eigenvalue weighted by atomic mass is 10.0. The molecule has 0 aromatic carbocycles. The van der Waals surface area contributed by atoms with Gasteiger partial charge in [0.2, 0.25) is 0 Å². The highest BCUT2D eigenvalue weighted by Crippen LogP contribution is 2.06. The van der Waals surface area contributed by atoms with Crippen LogP contribution < -0.4 is 5.32 Å². The van der Waals surface area contributed by atoms with E-state index in [0.717, 1.165) is 32.8 Å². The van der Waals surface area contributed by atoms with Crippen molar-refractivity contribution in [2.75, 3.05) is 39.9 Å². The van der Waals surface area contributed by atoms with Crippen LogP contribution in [0, 0.1) is 11.3 Å². The van der Waals surface area contributed by atoms with Crippen LogP contribution in [-0.4, -0.2) is 50.3 Å². The Balaban J connectivity index is 2.41. The van der Waals surface area contributed by atoms with Gasteiger partial charge in [0.1, 0.15) is 5.54 Å². The molecule has 1 rings (SSSR count). The summed E-state index contributed by atoms with van der Waals surface area (Å²) in [6.07, 6.45) is 0. The molecule has 4 heteroatoms. The average molecular weight is 183 g/mol. The lowest BCUT2D eigenvalue weighted by Crippen LogP contribution is -2.51. The first-order valence-corrected chi connectivity index (χ1v) is 4.60. The zero-order valence-electron chi connectivity index (χ0n) is 8.34. The van der Waals surface area contributed by atoms with Crippen molar-refractivity contribution in [2.24, 2.45) is 0 Å². The van der Waals surface area contributed by atoms with E-state index in [-0.39, 0.29) is 0 Å². The van der Waals surface area contributed by atoms with Crippen molar-refractivity contribution in [1.82, 2.24) is 10.2 Å². The quantitative estimate of drug-likeness (QED) is 0.659. The number of likely N-dealkylation sites (N-methyl/N-ethyl adjacent to an activating group) is 1. The van der Waals surface area contributed by atoms with Crippen LogP contribution >= 0.6 is 0 Å². The molecule has 0 aromatic rings. The number of rotatable bonds is 3. The van der Waals surface area contributed by atoms with Gasteiger partial charge in [-0.15, -0.1) is 0 Å². The van der Waals surface area contributed by atoms with Crippen molar-refractivity contribution in [3.8, 4) is 6.07 Å². The minimum atomic E-state index is -0.433. The zero-order valence-corrected chi connectivity index (χ0v) is 8.34. The molecule has 1 atom stereocenters. The minimum Gasteiger partial charge on any atom is -0.379 e. The molecule has 0 amide bonds. The minimum absolute atomic E-state index is 0.433. The summed E-state index contributed by atoms with van der Waals surface area (Å²) in [7, 11) is 1.82. The Labute approximate surface area is 79.5 Å². The van der Waals surface area contributed by atoms with Crippen LogP contribution in [0.4, 0.5) is 0 Å². The number of nitrogens with one attached hydrogen (secondary N) is 1. The lowest BCUT2D eigenvalue weighted by Gasteiger charge is -2.32. The summed E-state index contributed by atoms with van der Waals surface area (Å²) < 4.78 is 5.24. The number of morpholine rings is 1. The summed E-state index contributed by atoms with van der Waals surface area (Å²) in [4.78, 5) is 2.25. The molecule has 4 nitrogen and oxygen atoms in total. The van der Waals surface area contributed by atoms with E-state index in [9.17, 15) is 0 Å². The molecule has 0 aromatic heterocycles. The fourth-order valence-electron chi connectivity index (χ4n) is 1.38. The summed E-state index contributed by atoms with van der Waals surface area (Å²) in [6, 6.07) is 2.28. The van der Waals surface area contributed by atoms with Gasteiger partial charge in [-0.25, -0.2) is 0 Å². The Bertz CT molecular complexity index is 196. The van der Waals surface area contributed by atoms with Gasteiger partial charge in [-0.05, 0) is 14.0 Å². The Morgan fingerprint density at radius 3 is 2.62 bits per heavy atom. The molecule has 1 saturated heterocycles. The first-order valence-electron chi connectivity index (χ1n) is 4.60. The second kappa shape index (κ2) is 4.56. The summed E-state index contributed by atoms with van der Waals surface area (Å²) in [5, 5.41) is 12.0. The van der Waals surface area contributed by atoms with Crippen molar-refractivity contribution in [1.29, 1.82) is 5.26 Å². The van der Waals surface area contributed by atoms with Gasteiger partial charge in [-0.1, -0.05) is 0 Å². The fraction of sp³-hybridized carbons (Fsp3) is 0.889. The Hall–Kier alpha value is -0.630. The summed E-state index contributed by atoms with van der Waals surface area (Å²) >= 11 is 0. The molecule has 13 heavy (non-hydrogen) atoms. The molecule has 0 saturated carbocycles. The molecule has 1 heterocycles. The normalized spacial score (nSPS) is 23.5. The van der Waals surface area contributed by atoms with Crippen LogP contribution in [0.2, 0.25) is 0 Å². The predicted octanol–water partition coefficient (Wildman–Crippen LogP) is -0.180. The van der Waals surface area contributed by atoms with Gasteiger partial charge < -0.3 is 10.1 Å². The second-order valence-electron chi connectivity index (χ2n) is 3.58. The van der Waals surface area contributed by atoms with E-state index in [1.807, 2.05) is 14.0 Å². The van der Waals surface area contributed by atoms with Crippen molar-refractivity contribution >= 4 is 0 Å². The van der Waals surface area contributed by atoms with Gasteiger partial charge in [0.25, 0.3) is 0 Å². The maximum absolute atomic E-state index is 8.95. The smallest absolute Gasteiger partial charge is 0.116 e. The van der Waals surface area contributed by atoms with Gasteiger partial charge in [0.05, 0.1) is 19.3 Å². The van der Waals surface area contributed by atoms with E-state index < -0.39 is 5.54 Å². The van der Waals surface area contributed by atoms with E-state index in [2.05, 4.69) is 16.3 Å². The van der Waals surface area contributed by atoms with Crippen LogP contribution in [-0.2, 0) is 4.74 Å². The highest BCUT2D eigenvalue weighted by molar-refractivity contribution is 5.05. The third-order valence-corrected chi connectivity index (χ3v) is 2.44. The maximum Gasteiger partial charge on any atom is 0.116 e. The van der Waals surface area contributed by atoms with Gasteiger partial charge in [0, 0.05) is 19.6 Å². The van der Waals surface area contributed by atoms with Gasteiger partial charge in [-0.3, -0.25) is 4.90 Å². The number of ether oxygens (including phenoxy) is 1. The van der Waals surface area contributed by atoms with Crippen LogP contribution in [0.3, 0.4) is 0 Å². The molecule has 1 aliphatic rings. The molecular weight excluding hydrogens is 166 g/mol. The Kier molecular flexibility index (Phi) is 3.67. The molecule has 1 fully saturated rings. The first-order chi connectivity index (χ1) is 6.20. The van der Waals surface area contributed by atoms with Gasteiger partial charge in [0.15, 0.2) is 0 Å². The number of nitriles is 1. The Morgan fingerprint density at radius 1 is 1.54 bits per heavy atom. The van der Waals surface area contributed by atoms with Crippen LogP contribution in [0.5, 0.6) is 0 Å². The third-order valence-electron chi connectivity index (χ3n) is 2.44. The molecule has 1 unspecified atom stereocenters. The van der Waals surface area contributed by atoms with Crippen molar-refractivity contribution in [2.45, 2.75) is 12.5 Å². The molecule has 1 aliphatic heterocycles. The number of hydrogen-bond donors (Lipinski definition) is 1. The molecule has 1 N–H and O–H groups in total. The highest BCUT2D eigenvalue weighted by atomic mass is 16.5. The second-order valence-corrected chi connectivity index (χ2v) is 3.58. The SMILES string of the molecule is CNC(C)(C#N)CN1CCOCC1. The largest absolute Gasteiger partial charge is 0.379 e. The summed E-state index contributed by atoms with van der Waals surface area (Å²) in [6.45, 7) is 6.11. The van der Waals surface area contributed by atoms with Crippen molar-refractivity contribution in [3.63, 3.8) is 0 Å². The molecule has 0 aliphatic carbocycles. The van der Waals surface area contributed by atoms with Crippen LogP contribution in [0.25, 0.3) is 0 Å². The average Bonchev–Trinajstić information content (AvgIpc) is 2.19. The van der Waals surface area contributed by atoms with E-state index >= 15 is 0 Å². The topological polar surface area (TPSA) is 48.3 Å².